The van der Waals surface area contributed by atoms with Gasteiger partial charge in [0.15, 0.2) is 0 Å². The van der Waals surface area contributed by atoms with Crippen LogP contribution in [0.25, 0.3) is 0 Å². The van der Waals surface area contributed by atoms with Crippen molar-refractivity contribution in [2.45, 2.75) is 64.0 Å². The first-order valence-electron chi connectivity index (χ1n) is 9.43. The van der Waals surface area contributed by atoms with Crippen LogP contribution >= 0.6 is 0 Å². The minimum absolute atomic E-state index is 0.0145. The molecule has 2 saturated heterocycles. The van der Waals surface area contributed by atoms with Crippen molar-refractivity contribution in [3.63, 3.8) is 0 Å². The molecule has 2 heterocycles. The van der Waals surface area contributed by atoms with E-state index < -0.39 is 0 Å². The third kappa shape index (κ3) is 4.30. The van der Waals surface area contributed by atoms with Gasteiger partial charge >= 0.3 is 0 Å². The van der Waals surface area contributed by atoms with Gasteiger partial charge in [-0.3, -0.25) is 24.6 Å². The van der Waals surface area contributed by atoms with E-state index in [9.17, 15) is 14.4 Å². The Kier molecular flexibility index (Phi) is 5.71. The molecule has 140 valence electrons. The van der Waals surface area contributed by atoms with Gasteiger partial charge in [0.05, 0.1) is 12.5 Å². The van der Waals surface area contributed by atoms with Crippen molar-refractivity contribution in [2.24, 2.45) is 0 Å². The molecule has 2 fully saturated rings. The van der Waals surface area contributed by atoms with Gasteiger partial charge in [-0.2, -0.15) is 0 Å². The lowest BCUT2D eigenvalue weighted by molar-refractivity contribution is -0.134. The summed E-state index contributed by atoms with van der Waals surface area (Å²) in [7, 11) is 0. The van der Waals surface area contributed by atoms with E-state index in [-0.39, 0.29) is 23.6 Å². The van der Waals surface area contributed by atoms with Gasteiger partial charge in [0, 0.05) is 24.2 Å². The largest absolute Gasteiger partial charge is 0.325 e. The molecule has 2 aliphatic rings. The summed E-state index contributed by atoms with van der Waals surface area (Å²) in [5, 5.41) is 5.32. The van der Waals surface area contributed by atoms with Gasteiger partial charge in [0.25, 0.3) is 0 Å². The van der Waals surface area contributed by atoms with Gasteiger partial charge < -0.3 is 5.32 Å². The first-order chi connectivity index (χ1) is 12.4. The average molecular weight is 357 g/mol. The van der Waals surface area contributed by atoms with E-state index in [2.05, 4.69) is 29.4 Å². The number of carbonyl (C=O) groups excluding carboxylic acids is 3. The third-order valence-corrected chi connectivity index (χ3v) is 5.54. The van der Waals surface area contributed by atoms with Crippen LogP contribution in [0.2, 0.25) is 0 Å². The van der Waals surface area contributed by atoms with Crippen molar-refractivity contribution in [1.82, 2.24) is 10.2 Å². The van der Waals surface area contributed by atoms with Crippen molar-refractivity contribution < 1.29 is 14.4 Å². The van der Waals surface area contributed by atoms with Gasteiger partial charge in [-0.1, -0.05) is 18.6 Å². The number of amides is 3. The van der Waals surface area contributed by atoms with Gasteiger partial charge in [0.2, 0.25) is 17.7 Å². The normalized spacial score (nSPS) is 27.1. The zero-order valence-electron chi connectivity index (χ0n) is 15.5. The van der Waals surface area contributed by atoms with Crippen LogP contribution in [0.4, 0.5) is 5.69 Å². The molecule has 3 rings (SSSR count). The minimum Gasteiger partial charge on any atom is -0.325 e. The molecule has 3 amide bonds. The molecule has 0 spiro atoms. The van der Waals surface area contributed by atoms with E-state index in [0.29, 0.717) is 31.5 Å². The molecule has 0 bridgehead atoms. The summed E-state index contributed by atoms with van der Waals surface area (Å²) in [6, 6.07) is 8.20. The van der Waals surface area contributed by atoms with E-state index in [0.717, 1.165) is 24.1 Å². The SMILES string of the molecule is C[C@@H]1CCC[C@H](C)N1CC(=O)Nc1ccc(C2CCC(=O)NC2=O)cc1. The number of hydrogen-bond acceptors (Lipinski definition) is 4. The zero-order valence-corrected chi connectivity index (χ0v) is 15.5. The number of nitrogens with one attached hydrogen (secondary N) is 2. The van der Waals surface area contributed by atoms with Crippen molar-refractivity contribution in [3.05, 3.63) is 29.8 Å². The van der Waals surface area contributed by atoms with Gasteiger partial charge in [-0.15, -0.1) is 0 Å². The van der Waals surface area contributed by atoms with E-state index in [1.807, 2.05) is 24.3 Å². The quantitative estimate of drug-likeness (QED) is 0.811. The Morgan fingerprint density at radius 2 is 1.77 bits per heavy atom. The second-order valence-corrected chi connectivity index (χ2v) is 7.48. The van der Waals surface area contributed by atoms with Crippen LogP contribution < -0.4 is 10.6 Å². The molecular weight excluding hydrogens is 330 g/mol. The fourth-order valence-corrected chi connectivity index (χ4v) is 3.96. The highest BCUT2D eigenvalue weighted by Gasteiger charge is 2.28. The molecule has 6 nitrogen and oxygen atoms in total. The van der Waals surface area contributed by atoms with Crippen molar-refractivity contribution in [3.8, 4) is 0 Å². The van der Waals surface area contributed by atoms with Crippen LogP contribution in [0.5, 0.6) is 0 Å². The van der Waals surface area contributed by atoms with Crippen LogP contribution in [0, 0.1) is 0 Å². The van der Waals surface area contributed by atoms with Gasteiger partial charge in [-0.05, 0) is 50.8 Å². The number of nitrogens with zero attached hydrogens (tertiary/aromatic N) is 1. The molecule has 26 heavy (non-hydrogen) atoms. The Labute approximate surface area is 154 Å². The van der Waals surface area contributed by atoms with E-state index in [1.165, 1.54) is 6.42 Å². The Hall–Kier alpha value is -2.21. The van der Waals surface area contributed by atoms with E-state index in [4.69, 9.17) is 0 Å². The second-order valence-electron chi connectivity index (χ2n) is 7.48. The summed E-state index contributed by atoms with van der Waals surface area (Å²) in [5.74, 6) is -0.769. The number of hydrogen-bond donors (Lipinski definition) is 2. The monoisotopic (exact) mass is 357 g/mol. The third-order valence-electron chi connectivity index (χ3n) is 5.54. The molecule has 3 atom stereocenters. The summed E-state index contributed by atoms with van der Waals surface area (Å²) in [4.78, 5) is 37.8. The Morgan fingerprint density at radius 3 is 2.38 bits per heavy atom. The van der Waals surface area contributed by atoms with Crippen LogP contribution in [0.15, 0.2) is 24.3 Å². The molecule has 0 saturated carbocycles. The Bertz CT molecular complexity index is 676. The topological polar surface area (TPSA) is 78.5 Å². The van der Waals surface area contributed by atoms with Gasteiger partial charge in [0.1, 0.15) is 0 Å². The smallest absolute Gasteiger partial charge is 0.238 e. The molecule has 1 unspecified atom stereocenters. The first-order valence-corrected chi connectivity index (χ1v) is 9.43. The molecule has 0 aliphatic carbocycles. The van der Waals surface area contributed by atoms with Crippen molar-refractivity contribution >= 4 is 23.4 Å². The maximum atomic E-state index is 12.4. The Balaban J connectivity index is 1.58. The molecule has 2 N–H and O–H groups in total. The fourth-order valence-electron chi connectivity index (χ4n) is 3.96. The first kappa shape index (κ1) is 18.6. The van der Waals surface area contributed by atoms with Crippen molar-refractivity contribution in [2.75, 3.05) is 11.9 Å². The zero-order chi connectivity index (χ0) is 18.7. The maximum Gasteiger partial charge on any atom is 0.238 e. The minimum atomic E-state index is -0.299. The van der Waals surface area contributed by atoms with Crippen LogP contribution in [0.1, 0.15) is 57.4 Å². The molecule has 0 radical (unpaired) electrons. The predicted octanol–water partition coefficient (Wildman–Crippen LogP) is 2.41. The number of carbonyl (C=O) groups is 3. The van der Waals surface area contributed by atoms with E-state index in [1.54, 1.807) is 0 Å². The highest BCUT2D eigenvalue weighted by Crippen LogP contribution is 2.26. The standard InChI is InChI=1S/C20H27N3O3/c1-13-4-3-5-14(2)23(13)12-19(25)21-16-8-6-15(7-9-16)17-10-11-18(24)22-20(17)26/h6-9,13-14,17H,3-5,10-12H2,1-2H3,(H,21,25)(H,22,24,26)/t13-,14+,17?. The maximum absolute atomic E-state index is 12.4. The molecule has 1 aromatic carbocycles. The summed E-state index contributed by atoms with van der Waals surface area (Å²) < 4.78 is 0. The number of piperidine rings is 2. The van der Waals surface area contributed by atoms with Crippen molar-refractivity contribution in [1.29, 1.82) is 0 Å². The van der Waals surface area contributed by atoms with Crippen LogP contribution in [0.3, 0.4) is 0 Å². The summed E-state index contributed by atoms with van der Waals surface area (Å²) in [6.45, 7) is 4.76. The summed E-state index contributed by atoms with van der Waals surface area (Å²) in [5.41, 5.74) is 1.59. The molecule has 0 aromatic heterocycles. The molecule has 2 aliphatic heterocycles. The predicted molar refractivity (Wildman–Crippen MR) is 99.7 cm³/mol. The Morgan fingerprint density at radius 1 is 1.12 bits per heavy atom. The molecule has 1 aromatic rings. The van der Waals surface area contributed by atoms with Crippen LogP contribution in [-0.4, -0.2) is 41.2 Å². The number of imide groups is 1. The average Bonchev–Trinajstić information content (AvgIpc) is 2.59. The fraction of sp³-hybridized carbons (Fsp3) is 0.550. The molecular formula is C20H27N3O3. The highest BCUT2D eigenvalue weighted by molar-refractivity contribution is 6.01. The van der Waals surface area contributed by atoms with E-state index >= 15 is 0 Å². The lowest BCUT2D eigenvalue weighted by atomic mass is 9.90. The van der Waals surface area contributed by atoms with Gasteiger partial charge in [-0.25, -0.2) is 0 Å². The molecule has 6 heteroatoms. The number of rotatable bonds is 4. The second kappa shape index (κ2) is 7.99. The number of benzene rings is 1. The summed E-state index contributed by atoms with van der Waals surface area (Å²) in [6.07, 6.45) is 4.39. The number of anilines is 1. The van der Waals surface area contributed by atoms with Crippen LogP contribution in [-0.2, 0) is 14.4 Å². The number of likely N-dealkylation sites (tertiary alicyclic amines) is 1. The highest BCUT2D eigenvalue weighted by atomic mass is 16.2. The summed E-state index contributed by atoms with van der Waals surface area (Å²) >= 11 is 0. The lowest BCUT2D eigenvalue weighted by Gasteiger charge is -2.38. The lowest BCUT2D eigenvalue weighted by Crippen LogP contribution is -2.47.